The first-order valence-corrected chi connectivity index (χ1v) is 13.0. The molecule has 0 aliphatic rings. The van der Waals surface area contributed by atoms with Crippen LogP contribution in [0.4, 0.5) is 5.13 Å². The van der Waals surface area contributed by atoms with E-state index in [1.54, 1.807) is 26.0 Å². The van der Waals surface area contributed by atoms with Crippen molar-refractivity contribution in [3.63, 3.8) is 0 Å². The molecule has 0 saturated heterocycles. The van der Waals surface area contributed by atoms with Crippen LogP contribution in [0.3, 0.4) is 0 Å². The van der Waals surface area contributed by atoms with Gasteiger partial charge in [0.1, 0.15) is 10.6 Å². The van der Waals surface area contributed by atoms with Crippen molar-refractivity contribution >= 4 is 51.7 Å². The second kappa shape index (κ2) is 12.2. The van der Waals surface area contributed by atoms with Crippen LogP contribution in [0, 0.1) is 13.8 Å². The number of benzene rings is 1. The summed E-state index contributed by atoms with van der Waals surface area (Å²) in [5, 5.41) is 12.6. The number of halogens is 1. The monoisotopic (exact) mass is 535 g/mol. The highest BCUT2D eigenvalue weighted by Crippen LogP contribution is 2.31. The van der Waals surface area contributed by atoms with Gasteiger partial charge in [0.05, 0.1) is 23.1 Å². The number of ether oxygens (including phenoxy) is 2. The smallest absolute Gasteiger partial charge is 0.350 e. The predicted octanol–water partition coefficient (Wildman–Crippen LogP) is 5.24. The molecule has 186 valence electrons. The molecule has 0 spiro atoms. The van der Waals surface area contributed by atoms with Gasteiger partial charge in [0.25, 0.3) is 0 Å². The Morgan fingerprint density at radius 2 is 2.11 bits per heavy atom. The van der Waals surface area contributed by atoms with Crippen molar-refractivity contribution in [3.8, 4) is 5.75 Å². The molecule has 1 amide bonds. The Kier molecular flexibility index (Phi) is 9.30. The van der Waals surface area contributed by atoms with E-state index in [1.807, 2.05) is 30.5 Å². The van der Waals surface area contributed by atoms with Gasteiger partial charge in [0.15, 0.2) is 22.2 Å². The highest BCUT2D eigenvalue weighted by Gasteiger charge is 2.22. The Labute approximate surface area is 216 Å². The van der Waals surface area contributed by atoms with Crippen LogP contribution in [0.1, 0.15) is 46.7 Å². The average Bonchev–Trinajstić information content (AvgIpc) is 3.38. The van der Waals surface area contributed by atoms with E-state index in [4.69, 9.17) is 21.1 Å². The van der Waals surface area contributed by atoms with E-state index in [0.29, 0.717) is 44.0 Å². The van der Waals surface area contributed by atoms with Crippen LogP contribution in [0.15, 0.2) is 36.0 Å². The van der Waals surface area contributed by atoms with Gasteiger partial charge in [-0.05, 0) is 45.4 Å². The van der Waals surface area contributed by atoms with Gasteiger partial charge < -0.3 is 14.8 Å². The second-order valence-electron chi connectivity index (χ2n) is 7.42. The lowest BCUT2D eigenvalue weighted by molar-refractivity contribution is -0.113. The predicted molar refractivity (Wildman–Crippen MR) is 138 cm³/mol. The molecule has 1 N–H and O–H groups in total. The maximum Gasteiger partial charge on any atom is 0.350 e. The highest BCUT2D eigenvalue weighted by atomic mass is 35.5. The fraction of sp³-hybridized carbons (Fsp3) is 0.348. The van der Waals surface area contributed by atoms with Crippen molar-refractivity contribution < 1.29 is 19.1 Å². The molecule has 2 heterocycles. The summed E-state index contributed by atoms with van der Waals surface area (Å²) in [4.78, 5) is 29.1. The summed E-state index contributed by atoms with van der Waals surface area (Å²) in [7, 11) is 0. The Balaban J connectivity index is 1.67. The first-order chi connectivity index (χ1) is 16.7. The number of aromatic nitrogens is 4. The first-order valence-electron chi connectivity index (χ1n) is 10.8. The number of allylic oxidation sites excluding steroid dienone is 1. The molecule has 35 heavy (non-hydrogen) atoms. The van der Waals surface area contributed by atoms with E-state index in [-0.39, 0.29) is 18.3 Å². The van der Waals surface area contributed by atoms with Gasteiger partial charge in [-0.3, -0.25) is 9.36 Å². The molecule has 1 atom stereocenters. The number of hydrogen-bond donors (Lipinski definition) is 1. The number of rotatable bonds is 11. The van der Waals surface area contributed by atoms with Crippen LogP contribution >= 0.6 is 34.7 Å². The molecule has 0 aliphatic carbocycles. The Bertz CT molecular complexity index is 1230. The van der Waals surface area contributed by atoms with Crippen LogP contribution in [0.5, 0.6) is 5.75 Å². The van der Waals surface area contributed by atoms with Crippen molar-refractivity contribution in [1.82, 2.24) is 19.7 Å². The van der Waals surface area contributed by atoms with E-state index < -0.39 is 12.1 Å². The van der Waals surface area contributed by atoms with Crippen molar-refractivity contribution in [2.45, 2.75) is 45.5 Å². The Morgan fingerprint density at radius 3 is 2.83 bits per heavy atom. The lowest BCUT2D eigenvalue weighted by Gasteiger charge is -2.17. The molecule has 0 fully saturated rings. The lowest BCUT2D eigenvalue weighted by Crippen LogP contribution is -2.15. The van der Waals surface area contributed by atoms with Crippen molar-refractivity contribution in [1.29, 1.82) is 0 Å². The first kappa shape index (κ1) is 26.7. The molecule has 2 aromatic heterocycles. The minimum Gasteiger partial charge on any atom is -0.481 e. The third kappa shape index (κ3) is 6.83. The molecule has 1 aromatic carbocycles. The van der Waals surface area contributed by atoms with Crippen LogP contribution in [-0.2, 0) is 16.1 Å². The summed E-state index contributed by atoms with van der Waals surface area (Å²) in [6, 6.07) is 5.55. The number of carbonyl (C=O) groups excluding carboxylic acids is 2. The number of aryl methyl sites for hydroxylation is 2. The molecule has 12 heteroatoms. The zero-order valence-corrected chi connectivity index (χ0v) is 22.2. The number of carbonyl (C=O) groups is 2. The topological polar surface area (TPSA) is 108 Å². The summed E-state index contributed by atoms with van der Waals surface area (Å²) in [5.41, 5.74) is 1.53. The standard InChI is InChI=1S/C23H26ClN5O4S2/c1-6-10-29-20(15(5)33-17-11-13(3)8-9-16(17)24)27-28-23(29)34-12-18(30)26-22-25-14(4)19(35-22)21(31)32-7-2/h6,8-9,11,15H,1,7,10,12H2,2-5H3,(H,25,26,30). The number of nitrogens with zero attached hydrogens (tertiary/aromatic N) is 4. The zero-order valence-electron chi connectivity index (χ0n) is 19.8. The van der Waals surface area contributed by atoms with Crippen LogP contribution < -0.4 is 10.1 Å². The SMILES string of the molecule is C=CCn1c(SCC(=O)Nc2nc(C)c(C(=O)OCC)s2)nnc1C(C)Oc1cc(C)ccc1Cl. The summed E-state index contributed by atoms with van der Waals surface area (Å²) in [5.74, 6) is 0.471. The molecule has 0 saturated carbocycles. The fourth-order valence-electron chi connectivity index (χ4n) is 3.07. The van der Waals surface area contributed by atoms with Gasteiger partial charge in [0.2, 0.25) is 5.91 Å². The van der Waals surface area contributed by atoms with Gasteiger partial charge in [-0.25, -0.2) is 9.78 Å². The Morgan fingerprint density at radius 1 is 1.34 bits per heavy atom. The van der Waals surface area contributed by atoms with Crippen molar-refractivity contribution in [2.75, 3.05) is 17.7 Å². The van der Waals surface area contributed by atoms with Crippen LogP contribution in [0.2, 0.25) is 5.02 Å². The summed E-state index contributed by atoms with van der Waals surface area (Å²) in [6.07, 6.45) is 1.28. The fourth-order valence-corrected chi connectivity index (χ4v) is 4.87. The third-order valence-corrected chi connectivity index (χ3v) is 6.98. The Hall–Kier alpha value is -2.89. The highest BCUT2D eigenvalue weighted by molar-refractivity contribution is 7.99. The van der Waals surface area contributed by atoms with Gasteiger partial charge in [-0.15, -0.1) is 16.8 Å². The van der Waals surface area contributed by atoms with E-state index >= 15 is 0 Å². The summed E-state index contributed by atoms with van der Waals surface area (Å²) >= 11 is 8.57. The second-order valence-corrected chi connectivity index (χ2v) is 9.77. The normalized spacial score (nSPS) is 11.7. The number of thiazole rings is 1. The molecular weight excluding hydrogens is 510 g/mol. The maximum absolute atomic E-state index is 12.5. The number of nitrogens with one attached hydrogen (secondary N) is 1. The molecule has 0 radical (unpaired) electrons. The number of hydrogen-bond acceptors (Lipinski definition) is 9. The molecule has 9 nitrogen and oxygen atoms in total. The third-order valence-electron chi connectivity index (χ3n) is 4.65. The van der Waals surface area contributed by atoms with Gasteiger partial charge >= 0.3 is 5.97 Å². The quantitative estimate of drug-likeness (QED) is 0.202. The van der Waals surface area contributed by atoms with E-state index in [0.717, 1.165) is 16.9 Å². The molecule has 0 aliphatic heterocycles. The molecule has 3 aromatic rings. The summed E-state index contributed by atoms with van der Waals surface area (Å²) in [6.45, 7) is 11.8. The van der Waals surface area contributed by atoms with Gasteiger partial charge in [0, 0.05) is 6.54 Å². The maximum atomic E-state index is 12.5. The number of thioether (sulfide) groups is 1. The van der Waals surface area contributed by atoms with Crippen molar-refractivity contribution in [2.24, 2.45) is 0 Å². The zero-order chi connectivity index (χ0) is 25.5. The summed E-state index contributed by atoms with van der Waals surface area (Å²) < 4.78 is 12.9. The lowest BCUT2D eigenvalue weighted by atomic mass is 10.2. The van der Waals surface area contributed by atoms with Gasteiger partial charge in [-0.2, -0.15) is 0 Å². The van der Waals surface area contributed by atoms with E-state index in [9.17, 15) is 9.59 Å². The minimum atomic E-state index is -0.453. The van der Waals surface area contributed by atoms with Crippen LogP contribution in [-0.4, -0.2) is 44.0 Å². The molecule has 1 unspecified atom stereocenters. The molecule has 3 rings (SSSR count). The minimum absolute atomic E-state index is 0.0710. The number of amides is 1. The number of esters is 1. The largest absolute Gasteiger partial charge is 0.481 e. The number of anilines is 1. The van der Waals surface area contributed by atoms with E-state index in [1.165, 1.54) is 11.8 Å². The molecular formula is C23H26ClN5O4S2. The average molecular weight is 536 g/mol. The van der Waals surface area contributed by atoms with E-state index in [2.05, 4.69) is 27.1 Å². The molecule has 0 bridgehead atoms. The van der Waals surface area contributed by atoms with Crippen LogP contribution in [0.25, 0.3) is 0 Å². The van der Waals surface area contributed by atoms with Gasteiger partial charge in [-0.1, -0.05) is 46.8 Å². The van der Waals surface area contributed by atoms with Crippen molar-refractivity contribution in [3.05, 3.63) is 57.8 Å².